The molecule has 0 amide bonds. The average Bonchev–Trinajstić information content (AvgIpc) is 3.02. The van der Waals surface area contributed by atoms with E-state index in [1.54, 1.807) is 0 Å². The van der Waals surface area contributed by atoms with E-state index in [4.69, 9.17) is 0 Å². The van der Waals surface area contributed by atoms with Gasteiger partial charge in [0.15, 0.2) is 0 Å². The summed E-state index contributed by atoms with van der Waals surface area (Å²) in [5.74, 6) is 0.922. The number of azo groups is 1. The van der Waals surface area contributed by atoms with Gasteiger partial charge in [-0.1, -0.05) is 37.0 Å². The smallest absolute Gasteiger partial charge is 0.421 e. The number of benzene rings is 1. The van der Waals surface area contributed by atoms with Gasteiger partial charge in [-0.25, -0.2) is 9.13 Å². The number of alkyl halides is 2. The lowest BCUT2D eigenvalue weighted by Crippen LogP contribution is -3.00. The monoisotopic (exact) mass is 563 g/mol. The van der Waals surface area contributed by atoms with Gasteiger partial charge in [0.2, 0.25) is 0 Å². The van der Waals surface area contributed by atoms with Crippen LogP contribution in [0.4, 0.5) is 17.3 Å². The van der Waals surface area contributed by atoms with Crippen LogP contribution in [0.3, 0.4) is 0 Å². The predicted octanol–water partition coefficient (Wildman–Crippen LogP) is 2.61. The van der Waals surface area contributed by atoms with Crippen molar-refractivity contribution < 1.29 is 21.5 Å². The van der Waals surface area contributed by atoms with E-state index in [1.165, 1.54) is 0 Å². The van der Waals surface area contributed by atoms with E-state index < -0.39 is 0 Å². The summed E-state index contributed by atoms with van der Waals surface area (Å²) in [5, 5.41) is 11.1. The largest absolute Gasteiger partial charge is 1.00 e. The molecular formula is C19H28Br3N5. The van der Waals surface area contributed by atoms with Gasteiger partial charge in [-0.15, -0.1) is 0 Å². The topological polar surface area (TPSA) is 36.8 Å². The van der Waals surface area contributed by atoms with Crippen molar-refractivity contribution in [3.05, 3.63) is 36.7 Å². The number of hydrogen-bond acceptors (Lipinski definition) is 3. The number of hydrogen-bond donors (Lipinski definition) is 0. The van der Waals surface area contributed by atoms with E-state index in [-0.39, 0.29) is 17.0 Å². The first-order valence-electron chi connectivity index (χ1n) is 9.05. The van der Waals surface area contributed by atoms with Crippen LogP contribution in [-0.2, 0) is 13.1 Å². The second-order valence-electron chi connectivity index (χ2n) is 6.39. The van der Waals surface area contributed by atoms with Crippen LogP contribution in [0.15, 0.2) is 46.9 Å². The molecule has 0 bridgehead atoms. The van der Waals surface area contributed by atoms with Crippen LogP contribution in [0, 0.1) is 0 Å². The molecule has 150 valence electrons. The molecule has 0 aliphatic carbocycles. The molecule has 0 atom stereocenters. The highest BCUT2D eigenvalue weighted by Gasteiger charge is 2.16. The van der Waals surface area contributed by atoms with E-state index in [0.717, 1.165) is 66.8 Å². The fourth-order valence-corrected chi connectivity index (χ4v) is 3.39. The molecule has 0 N–H and O–H groups in total. The van der Waals surface area contributed by atoms with Crippen LogP contribution in [0.2, 0.25) is 0 Å². The fourth-order valence-electron chi connectivity index (χ4n) is 2.60. The number of nitrogens with zero attached hydrogens (tertiary/aromatic N) is 5. The number of anilines is 1. The van der Waals surface area contributed by atoms with Gasteiger partial charge in [0.25, 0.3) is 0 Å². The molecule has 2 rings (SSSR count). The third-order valence-corrected chi connectivity index (χ3v) is 5.25. The van der Waals surface area contributed by atoms with E-state index in [9.17, 15) is 0 Å². The van der Waals surface area contributed by atoms with Gasteiger partial charge in [0.1, 0.15) is 5.69 Å². The Hall–Kier alpha value is -0.730. The van der Waals surface area contributed by atoms with Gasteiger partial charge in [-0.05, 0) is 49.9 Å². The average molecular weight is 566 g/mol. The molecule has 5 nitrogen and oxygen atoms in total. The Morgan fingerprint density at radius 3 is 2.26 bits per heavy atom. The van der Waals surface area contributed by atoms with Crippen molar-refractivity contribution in [3.8, 4) is 0 Å². The Kier molecular flexibility index (Phi) is 12.1. The molecule has 0 spiro atoms. The van der Waals surface area contributed by atoms with Gasteiger partial charge < -0.3 is 21.9 Å². The van der Waals surface area contributed by atoms with E-state index >= 15 is 0 Å². The zero-order valence-corrected chi connectivity index (χ0v) is 20.7. The lowest BCUT2D eigenvalue weighted by Gasteiger charge is -2.11. The molecule has 0 fully saturated rings. The summed E-state index contributed by atoms with van der Waals surface area (Å²) in [6, 6.07) is 8.14. The first kappa shape index (κ1) is 24.3. The fraction of sp³-hybridized carbons (Fsp3) is 0.526. The molecule has 0 aliphatic heterocycles. The van der Waals surface area contributed by atoms with Crippen LogP contribution in [0.5, 0.6) is 0 Å². The van der Waals surface area contributed by atoms with Crippen LogP contribution in [0.25, 0.3) is 0 Å². The minimum absolute atomic E-state index is 0. The van der Waals surface area contributed by atoms with Crippen molar-refractivity contribution in [1.82, 2.24) is 4.57 Å². The Balaban J connectivity index is 0.00000364. The maximum Gasteiger partial charge on any atom is 0.421 e. The number of imidazole rings is 1. The highest BCUT2D eigenvalue weighted by molar-refractivity contribution is 9.09. The minimum Gasteiger partial charge on any atom is -1.00 e. The molecule has 27 heavy (non-hydrogen) atoms. The summed E-state index contributed by atoms with van der Waals surface area (Å²) >= 11 is 7.00. The molecule has 0 aliphatic rings. The zero-order chi connectivity index (χ0) is 18.8. The van der Waals surface area contributed by atoms with Crippen molar-refractivity contribution in [2.45, 2.75) is 38.8 Å². The Labute approximate surface area is 189 Å². The van der Waals surface area contributed by atoms with Gasteiger partial charge in [-0.3, -0.25) is 0 Å². The Morgan fingerprint density at radius 1 is 0.963 bits per heavy atom. The minimum atomic E-state index is 0. The second-order valence-corrected chi connectivity index (χ2v) is 7.97. The van der Waals surface area contributed by atoms with Crippen molar-refractivity contribution in [2.24, 2.45) is 10.2 Å². The SMILES string of the molecule is CN(C)c1ccc(/N=N/c2n(CCCCBr)cc[n+]2CCCCBr)cc1.[Br-]. The van der Waals surface area contributed by atoms with E-state index in [1.807, 2.05) is 26.2 Å². The van der Waals surface area contributed by atoms with Crippen LogP contribution >= 0.6 is 31.9 Å². The molecule has 0 saturated carbocycles. The first-order valence-corrected chi connectivity index (χ1v) is 11.3. The summed E-state index contributed by atoms with van der Waals surface area (Å²) in [6.45, 7) is 1.93. The maximum absolute atomic E-state index is 4.58. The lowest BCUT2D eigenvalue weighted by atomic mass is 10.3. The van der Waals surface area contributed by atoms with Crippen LogP contribution in [-0.4, -0.2) is 29.3 Å². The third-order valence-electron chi connectivity index (χ3n) is 4.13. The van der Waals surface area contributed by atoms with Gasteiger partial charge in [-0.2, -0.15) is 0 Å². The van der Waals surface area contributed by atoms with E-state index in [0.29, 0.717) is 0 Å². The Morgan fingerprint density at radius 2 is 1.63 bits per heavy atom. The van der Waals surface area contributed by atoms with Crippen molar-refractivity contribution in [3.63, 3.8) is 0 Å². The van der Waals surface area contributed by atoms with Crippen molar-refractivity contribution in [2.75, 3.05) is 29.7 Å². The molecular weight excluding hydrogens is 538 g/mol. The van der Waals surface area contributed by atoms with Gasteiger partial charge >= 0.3 is 5.95 Å². The number of rotatable bonds is 11. The maximum atomic E-state index is 4.58. The number of unbranched alkanes of at least 4 members (excludes halogenated alkanes) is 2. The molecule has 1 heterocycles. The summed E-state index contributed by atoms with van der Waals surface area (Å²) in [5.41, 5.74) is 2.03. The van der Waals surface area contributed by atoms with Crippen LogP contribution in [0.1, 0.15) is 25.7 Å². The predicted molar refractivity (Wildman–Crippen MR) is 116 cm³/mol. The Bertz CT molecular complexity index is 656. The molecule has 8 heteroatoms. The van der Waals surface area contributed by atoms with Gasteiger partial charge in [0.05, 0.1) is 25.5 Å². The molecule has 0 unspecified atom stereocenters. The van der Waals surface area contributed by atoms with Crippen LogP contribution < -0.4 is 26.4 Å². The lowest BCUT2D eigenvalue weighted by molar-refractivity contribution is -0.684. The standard InChI is InChI=1S/C19H28Br2N5.BrH/c1-24(2)18-9-7-17(8-10-18)22-23-19-25(13-5-3-11-20)15-16-26(19)14-6-4-12-21;/h7-10,15-16H,3-6,11-14H2,1-2H3;1H/q+1;/p-1. The summed E-state index contributed by atoms with van der Waals surface area (Å²) in [6.07, 6.45) is 8.80. The first-order chi connectivity index (χ1) is 12.7. The highest BCUT2D eigenvalue weighted by Crippen LogP contribution is 2.20. The summed E-state index contributed by atoms with van der Waals surface area (Å²) in [7, 11) is 4.07. The molecule has 1 aromatic heterocycles. The van der Waals surface area contributed by atoms with E-state index in [2.05, 4.69) is 80.6 Å². The molecule has 2 aromatic rings. The quantitative estimate of drug-likeness (QED) is 0.179. The molecule has 0 saturated heterocycles. The number of halogens is 3. The second kappa shape index (κ2) is 13.4. The normalized spacial score (nSPS) is 11.0. The zero-order valence-electron chi connectivity index (χ0n) is 16.0. The summed E-state index contributed by atoms with van der Waals surface area (Å²) in [4.78, 5) is 2.08. The molecule has 1 aromatic carbocycles. The number of aryl methyl sites for hydroxylation is 2. The summed E-state index contributed by atoms with van der Waals surface area (Å²) < 4.78 is 4.41. The number of aromatic nitrogens is 2. The van der Waals surface area contributed by atoms with Crippen molar-refractivity contribution >= 4 is 49.2 Å². The molecule has 0 radical (unpaired) electrons. The third kappa shape index (κ3) is 8.03. The van der Waals surface area contributed by atoms with Crippen molar-refractivity contribution in [1.29, 1.82) is 0 Å². The highest BCUT2D eigenvalue weighted by atomic mass is 79.9. The van der Waals surface area contributed by atoms with Gasteiger partial charge in [0, 0.05) is 35.6 Å².